The number of rotatable bonds is 5. The summed E-state index contributed by atoms with van der Waals surface area (Å²) in [5.41, 5.74) is -1.57. The van der Waals surface area contributed by atoms with Crippen LogP contribution in [0.4, 0.5) is 18.9 Å². The maximum absolute atomic E-state index is 13.1. The monoisotopic (exact) mass is 411 g/mol. The minimum atomic E-state index is -4.69. The van der Waals surface area contributed by atoms with Crippen molar-refractivity contribution in [3.05, 3.63) is 33.9 Å². The molecule has 1 N–H and O–H groups in total. The van der Waals surface area contributed by atoms with Crippen LogP contribution in [0.5, 0.6) is 5.75 Å². The molecule has 1 aromatic rings. The van der Waals surface area contributed by atoms with Gasteiger partial charge in [-0.05, 0) is 28.1 Å². The van der Waals surface area contributed by atoms with Crippen LogP contribution in [-0.4, -0.2) is 33.3 Å². The van der Waals surface area contributed by atoms with Crippen LogP contribution in [0.25, 0.3) is 0 Å². The highest BCUT2D eigenvalue weighted by Gasteiger charge is 2.36. The van der Waals surface area contributed by atoms with Crippen LogP contribution in [0.2, 0.25) is 0 Å². The van der Waals surface area contributed by atoms with E-state index in [0.717, 1.165) is 33.5 Å². The van der Waals surface area contributed by atoms with Crippen molar-refractivity contribution < 1.29 is 37.0 Å². The predicted octanol–water partition coefficient (Wildman–Crippen LogP) is 3.12. The highest BCUT2D eigenvalue weighted by Crippen LogP contribution is 2.42. The fourth-order valence-electron chi connectivity index (χ4n) is 1.67. The molecule has 6 nitrogen and oxygen atoms in total. The molecule has 10 heteroatoms. The highest BCUT2D eigenvalue weighted by molar-refractivity contribution is 9.10. The SMILES string of the molecule is COC(=O)/C=C(/Nc1cc(Br)c(OC)c(C(F)(F)F)c1)C(=O)OC. The molecule has 132 valence electrons. The van der Waals surface area contributed by atoms with Crippen molar-refractivity contribution in [2.24, 2.45) is 0 Å². The number of carbonyl (C=O) groups is 2. The summed E-state index contributed by atoms with van der Waals surface area (Å²) in [5, 5.41) is 2.40. The van der Waals surface area contributed by atoms with Crippen LogP contribution in [0.15, 0.2) is 28.4 Å². The number of hydrogen-bond donors (Lipinski definition) is 1. The van der Waals surface area contributed by atoms with Gasteiger partial charge in [0.1, 0.15) is 17.0 Å². The maximum atomic E-state index is 13.1. The van der Waals surface area contributed by atoms with E-state index >= 15 is 0 Å². The molecule has 0 saturated heterocycles. The molecule has 0 heterocycles. The summed E-state index contributed by atoms with van der Waals surface area (Å²) in [4.78, 5) is 22.9. The van der Waals surface area contributed by atoms with Gasteiger partial charge in [0, 0.05) is 5.69 Å². The molecule has 0 spiro atoms. The van der Waals surface area contributed by atoms with Crippen LogP contribution >= 0.6 is 15.9 Å². The second-order valence-corrected chi connectivity index (χ2v) is 5.09. The first kappa shape index (κ1) is 19.8. The zero-order chi connectivity index (χ0) is 18.5. The van der Waals surface area contributed by atoms with E-state index < -0.39 is 35.1 Å². The van der Waals surface area contributed by atoms with Gasteiger partial charge in [0.2, 0.25) is 0 Å². The smallest absolute Gasteiger partial charge is 0.420 e. The molecular formula is C14H13BrF3NO5. The van der Waals surface area contributed by atoms with Crippen molar-refractivity contribution in [2.75, 3.05) is 26.6 Å². The van der Waals surface area contributed by atoms with Crippen LogP contribution in [0.3, 0.4) is 0 Å². The molecule has 0 aliphatic carbocycles. The average molecular weight is 412 g/mol. The molecule has 0 aliphatic rings. The summed E-state index contributed by atoms with van der Waals surface area (Å²) >= 11 is 2.97. The number of methoxy groups -OCH3 is 3. The summed E-state index contributed by atoms with van der Waals surface area (Å²) in [7, 11) is 3.24. The van der Waals surface area contributed by atoms with Crippen LogP contribution in [0.1, 0.15) is 5.56 Å². The van der Waals surface area contributed by atoms with Gasteiger partial charge in [0.05, 0.1) is 31.9 Å². The van der Waals surface area contributed by atoms with E-state index in [2.05, 4.69) is 30.7 Å². The zero-order valence-corrected chi connectivity index (χ0v) is 14.4. The lowest BCUT2D eigenvalue weighted by atomic mass is 10.1. The fraction of sp³-hybridized carbons (Fsp3) is 0.286. The Hall–Kier alpha value is -2.23. The maximum Gasteiger partial charge on any atom is 0.420 e. The summed E-state index contributed by atoms with van der Waals surface area (Å²) in [6.45, 7) is 0. The number of carbonyl (C=O) groups excluding carboxylic acids is 2. The van der Waals surface area contributed by atoms with E-state index in [9.17, 15) is 22.8 Å². The molecule has 0 radical (unpaired) electrons. The lowest BCUT2D eigenvalue weighted by Gasteiger charge is -2.16. The van der Waals surface area contributed by atoms with Gasteiger partial charge in [-0.1, -0.05) is 0 Å². The molecule has 0 fully saturated rings. The molecule has 1 rings (SSSR count). The molecule has 1 aromatic carbocycles. The van der Waals surface area contributed by atoms with Crippen molar-refractivity contribution in [1.82, 2.24) is 0 Å². The van der Waals surface area contributed by atoms with E-state index in [4.69, 9.17) is 4.74 Å². The topological polar surface area (TPSA) is 73.9 Å². The quantitative estimate of drug-likeness (QED) is 0.592. The number of benzene rings is 1. The third-order valence-corrected chi connectivity index (χ3v) is 3.29. The molecular weight excluding hydrogens is 399 g/mol. The number of ether oxygens (including phenoxy) is 3. The minimum Gasteiger partial charge on any atom is -0.495 e. The van der Waals surface area contributed by atoms with Crippen molar-refractivity contribution in [3.63, 3.8) is 0 Å². The van der Waals surface area contributed by atoms with Gasteiger partial charge < -0.3 is 19.5 Å². The van der Waals surface area contributed by atoms with Crippen LogP contribution in [0, 0.1) is 0 Å². The standard InChI is InChI=1S/C14H13BrF3NO5/c1-22-11(20)6-10(13(21)24-3)19-7-4-8(14(16,17)18)12(23-2)9(15)5-7/h4-6,19H,1-3H3/b10-6+. The molecule has 0 aliphatic heterocycles. The Morgan fingerprint density at radius 1 is 1.17 bits per heavy atom. The Bertz CT molecular complexity index is 673. The second kappa shape index (κ2) is 8.04. The minimum absolute atomic E-state index is 0.00427. The van der Waals surface area contributed by atoms with Crippen molar-refractivity contribution in [2.45, 2.75) is 6.18 Å². The first-order chi connectivity index (χ1) is 11.1. The fourth-order valence-corrected chi connectivity index (χ4v) is 2.29. The van der Waals surface area contributed by atoms with Crippen molar-refractivity contribution in [1.29, 1.82) is 0 Å². The molecule has 0 bridgehead atoms. The van der Waals surface area contributed by atoms with Gasteiger partial charge in [-0.2, -0.15) is 13.2 Å². The van der Waals surface area contributed by atoms with E-state index in [-0.39, 0.29) is 10.2 Å². The third kappa shape index (κ3) is 4.88. The first-order valence-corrected chi connectivity index (χ1v) is 7.03. The van der Waals surface area contributed by atoms with Gasteiger partial charge >= 0.3 is 18.1 Å². The summed E-state index contributed by atoms with van der Waals surface area (Å²) in [6, 6.07) is 1.99. The van der Waals surface area contributed by atoms with Crippen molar-refractivity contribution in [3.8, 4) is 5.75 Å². The summed E-state index contributed by atoms with van der Waals surface area (Å²) in [5.74, 6) is -2.25. The highest BCUT2D eigenvalue weighted by atomic mass is 79.9. The average Bonchev–Trinajstić information content (AvgIpc) is 2.51. The summed E-state index contributed by atoms with van der Waals surface area (Å²) < 4.78 is 52.9. The molecule has 0 amide bonds. The molecule has 0 atom stereocenters. The Morgan fingerprint density at radius 2 is 1.79 bits per heavy atom. The Balaban J connectivity index is 3.35. The molecule has 0 unspecified atom stereocenters. The van der Waals surface area contributed by atoms with Crippen LogP contribution < -0.4 is 10.1 Å². The van der Waals surface area contributed by atoms with E-state index in [1.807, 2.05) is 0 Å². The number of alkyl halides is 3. The lowest BCUT2D eigenvalue weighted by Crippen LogP contribution is -2.16. The molecule has 0 aromatic heterocycles. The van der Waals surface area contributed by atoms with Gasteiger partial charge in [-0.25, -0.2) is 9.59 Å². The number of hydrogen-bond acceptors (Lipinski definition) is 6. The van der Waals surface area contributed by atoms with E-state index in [0.29, 0.717) is 0 Å². The second-order valence-electron chi connectivity index (χ2n) is 4.23. The predicted molar refractivity (Wildman–Crippen MR) is 81.4 cm³/mol. The first-order valence-electron chi connectivity index (χ1n) is 6.23. The van der Waals surface area contributed by atoms with E-state index in [1.165, 1.54) is 6.07 Å². The van der Waals surface area contributed by atoms with Crippen LogP contribution in [-0.2, 0) is 25.2 Å². The summed E-state index contributed by atoms with van der Waals surface area (Å²) in [6.07, 6.45) is -3.93. The van der Waals surface area contributed by atoms with E-state index in [1.54, 1.807) is 0 Å². The van der Waals surface area contributed by atoms with Gasteiger partial charge in [-0.15, -0.1) is 0 Å². The largest absolute Gasteiger partial charge is 0.495 e. The number of esters is 2. The molecule has 24 heavy (non-hydrogen) atoms. The van der Waals surface area contributed by atoms with Gasteiger partial charge in [0.15, 0.2) is 0 Å². The molecule has 0 saturated carbocycles. The van der Waals surface area contributed by atoms with Gasteiger partial charge in [-0.3, -0.25) is 0 Å². The Kier molecular flexibility index (Phi) is 6.64. The lowest BCUT2D eigenvalue weighted by molar-refractivity contribution is -0.139. The number of halogens is 4. The number of nitrogens with one attached hydrogen (secondary N) is 1. The van der Waals surface area contributed by atoms with Crippen molar-refractivity contribution >= 4 is 33.6 Å². The normalized spacial score (nSPS) is 11.7. The Labute approximate surface area is 143 Å². The zero-order valence-electron chi connectivity index (χ0n) is 12.8. The number of anilines is 1. The Morgan fingerprint density at radius 3 is 2.25 bits per heavy atom. The van der Waals surface area contributed by atoms with Gasteiger partial charge in [0.25, 0.3) is 0 Å². The third-order valence-electron chi connectivity index (χ3n) is 2.70.